The standard InChI is InChI=1S/C19H20F3N7O/c1-11-10-29(18(30)27-16-5-6-25-17(24)26-16)12(2)9-28(11)14-4-3-13(8-23)15(7-14)19(20,21)22/h3-7,11-12H,9-10H2,1-2H3,(H3,24,25,26,27,30)/t11-,12+/m0/s1. The van der Waals surface area contributed by atoms with Gasteiger partial charge in [0.25, 0.3) is 0 Å². The van der Waals surface area contributed by atoms with Crippen molar-refractivity contribution in [1.82, 2.24) is 14.9 Å². The molecule has 0 spiro atoms. The van der Waals surface area contributed by atoms with Gasteiger partial charge >= 0.3 is 12.2 Å². The predicted octanol–water partition coefficient (Wildman–Crippen LogP) is 3.08. The number of anilines is 3. The first-order valence-corrected chi connectivity index (χ1v) is 9.14. The van der Waals surface area contributed by atoms with E-state index in [-0.39, 0.29) is 36.4 Å². The second-order valence-corrected chi connectivity index (χ2v) is 7.07. The summed E-state index contributed by atoms with van der Waals surface area (Å²) in [7, 11) is 0. The Labute approximate surface area is 171 Å². The number of alkyl halides is 3. The monoisotopic (exact) mass is 419 g/mol. The summed E-state index contributed by atoms with van der Waals surface area (Å²) in [4.78, 5) is 23.7. The molecule has 0 bridgehead atoms. The Balaban J connectivity index is 1.78. The number of hydrogen-bond acceptors (Lipinski definition) is 6. The van der Waals surface area contributed by atoms with Crippen molar-refractivity contribution < 1.29 is 18.0 Å². The lowest BCUT2D eigenvalue weighted by atomic mass is 10.0. The van der Waals surface area contributed by atoms with Gasteiger partial charge in [-0.2, -0.15) is 23.4 Å². The van der Waals surface area contributed by atoms with Crippen LogP contribution in [0, 0.1) is 11.3 Å². The van der Waals surface area contributed by atoms with Crippen LogP contribution in [-0.2, 0) is 6.18 Å². The molecule has 0 saturated carbocycles. The lowest BCUT2D eigenvalue weighted by Crippen LogP contribution is -2.59. The molecule has 2 aromatic rings. The zero-order valence-corrected chi connectivity index (χ0v) is 16.3. The van der Waals surface area contributed by atoms with Crippen molar-refractivity contribution in [3.63, 3.8) is 0 Å². The van der Waals surface area contributed by atoms with Crippen molar-refractivity contribution in [3.8, 4) is 6.07 Å². The Bertz CT molecular complexity index is 989. The highest BCUT2D eigenvalue weighted by Crippen LogP contribution is 2.35. The van der Waals surface area contributed by atoms with Gasteiger partial charge in [-0.15, -0.1) is 0 Å². The minimum absolute atomic E-state index is 0.0281. The van der Waals surface area contributed by atoms with E-state index in [2.05, 4.69) is 15.3 Å². The molecule has 1 aromatic heterocycles. The zero-order valence-electron chi connectivity index (χ0n) is 16.3. The molecule has 30 heavy (non-hydrogen) atoms. The molecule has 1 aromatic carbocycles. The van der Waals surface area contributed by atoms with E-state index in [4.69, 9.17) is 11.0 Å². The van der Waals surface area contributed by atoms with Gasteiger partial charge in [0.1, 0.15) is 5.82 Å². The van der Waals surface area contributed by atoms with Crippen LogP contribution < -0.4 is 16.0 Å². The summed E-state index contributed by atoms with van der Waals surface area (Å²) in [6.45, 7) is 4.24. The summed E-state index contributed by atoms with van der Waals surface area (Å²) in [5.74, 6) is 0.289. The molecule has 158 valence electrons. The summed E-state index contributed by atoms with van der Waals surface area (Å²) in [6.07, 6.45) is -3.21. The number of amides is 2. The average molecular weight is 419 g/mol. The van der Waals surface area contributed by atoms with Crippen LogP contribution in [0.25, 0.3) is 0 Å². The van der Waals surface area contributed by atoms with E-state index >= 15 is 0 Å². The van der Waals surface area contributed by atoms with Crippen LogP contribution >= 0.6 is 0 Å². The molecule has 0 radical (unpaired) electrons. The maximum absolute atomic E-state index is 13.3. The normalized spacial score (nSPS) is 19.3. The highest BCUT2D eigenvalue weighted by atomic mass is 19.4. The Morgan fingerprint density at radius 2 is 2.00 bits per heavy atom. The molecule has 0 unspecified atom stereocenters. The van der Waals surface area contributed by atoms with Crippen molar-refractivity contribution in [1.29, 1.82) is 5.26 Å². The fraction of sp³-hybridized carbons (Fsp3) is 0.368. The van der Waals surface area contributed by atoms with Crippen LogP contribution in [0.3, 0.4) is 0 Å². The van der Waals surface area contributed by atoms with Crippen molar-refractivity contribution in [2.75, 3.05) is 29.0 Å². The molecule has 1 saturated heterocycles. The van der Waals surface area contributed by atoms with Gasteiger partial charge in [-0.25, -0.2) is 9.78 Å². The fourth-order valence-electron chi connectivity index (χ4n) is 3.44. The van der Waals surface area contributed by atoms with Crippen LogP contribution in [0.4, 0.5) is 35.4 Å². The Morgan fingerprint density at radius 3 is 2.63 bits per heavy atom. The van der Waals surface area contributed by atoms with Crippen LogP contribution in [0.1, 0.15) is 25.0 Å². The van der Waals surface area contributed by atoms with E-state index in [0.717, 1.165) is 6.07 Å². The fourth-order valence-corrected chi connectivity index (χ4v) is 3.44. The van der Waals surface area contributed by atoms with E-state index in [9.17, 15) is 18.0 Å². The molecular weight excluding hydrogens is 399 g/mol. The van der Waals surface area contributed by atoms with Gasteiger partial charge in [0.2, 0.25) is 5.95 Å². The number of nitrogens with zero attached hydrogens (tertiary/aromatic N) is 5. The molecule has 0 aliphatic carbocycles. The van der Waals surface area contributed by atoms with E-state index < -0.39 is 17.3 Å². The van der Waals surface area contributed by atoms with Gasteiger partial charge in [-0.3, -0.25) is 5.32 Å². The lowest BCUT2D eigenvalue weighted by Gasteiger charge is -2.45. The van der Waals surface area contributed by atoms with Gasteiger partial charge < -0.3 is 15.5 Å². The SMILES string of the molecule is C[C@@H]1CN(c2ccc(C#N)c(C(F)(F)F)c2)[C@@H](C)CN1C(=O)Nc1ccnc(N)n1. The number of hydrogen-bond donors (Lipinski definition) is 2. The van der Waals surface area contributed by atoms with Gasteiger partial charge in [0.05, 0.1) is 17.2 Å². The summed E-state index contributed by atoms with van der Waals surface area (Å²) in [5.41, 5.74) is 4.47. The quantitative estimate of drug-likeness (QED) is 0.774. The third kappa shape index (κ3) is 4.37. The third-order valence-electron chi connectivity index (χ3n) is 4.92. The molecule has 1 aliphatic rings. The maximum Gasteiger partial charge on any atom is 0.417 e. The number of urea groups is 1. The average Bonchev–Trinajstić information content (AvgIpc) is 2.68. The Kier molecular flexibility index (Phi) is 5.69. The van der Waals surface area contributed by atoms with Crippen molar-refractivity contribution in [2.45, 2.75) is 32.1 Å². The largest absolute Gasteiger partial charge is 0.417 e. The summed E-state index contributed by atoms with van der Waals surface area (Å²) in [5, 5.41) is 11.6. The van der Waals surface area contributed by atoms with E-state index in [1.54, 1.807) is 22.8 Å². The van der Waals surface area contributed by atoms with Crippen LogP contribution in [0.5, 0.6) is 0 Å². The smallest absolute Gasteiger partial charge is 0.368 e. The van der Waals surface area contributed by atoms with Crippen LogP contribution in [0.15, 0.2) is 30.5 Å². The predicted molar refractivity (Wildman–Crippen MR) is 105 cm³/mol. The summed E-state index contributed by atoms with van der Waals surface area (Å²) < 4.78 is 39.9. The van der Waals surface area contributed by atoms with Crippen LogP contribution in [-0.4, -0.2) is 46.1 Å². The molecule has 1 aliphatic heterocycles. The molecule has 2 amide bonds. The Hall–Kier alpha value is -3.55. The first-order chi connectivity index (χ1) is 14.1. The number of benzene rings is 1. The number of carbonyl (C=O) groups is 1. The van der Waals surface area contributed by atoms with E-state index in [1.165, 1.54) is 24.4 Å². The number of halogens is 3. The Morgan fingerprint density at radius 1 is 1.27 bits per heavy atom. The first-order valence-electron chi connectivity index (χ1n) is 9.14. The molecule has 8 nitrogen and oxygen atoms in total. The zero-order chi connectivity index (χ0) is 22.1. The highest BCUT2D eigenvalue weighted by molar-refractivity contribution is 5.88. The summed E-state index contributed by atoms with van der Waals surface area (Å²) >= 11 is 0. The molecule has 3 rings (SSSR count). The highest BCUT2D eigenvalue weighted by Gasteiger charge is 2.36. The van der Waals surface area contributed by atoms with Crippen molar-refractivity contribution in [2.24, 2.45) is 0 Å². The number of aromatic nitrogens is 2. The number of nitrogens with two attached hydrogens (primary N) is 1. The summed E-state index contributed by atoms with van der Waals surface area (Å²) in [6, 6.07) is 5.82. The van der Waals surface area contributed by atoms with E-state index in [0.29, 0.717) is 12.2 Å². The van der Waals surface area contributed by atoms with Gasteiger partial charge in [-0.1, -0.05) is 0 Å². The minimum atomic E-state index is -4.63. The number of nitrogen functional groups attached to an aromatic ring is 1. The first kappa shape index (κ1) is 21.2. The van der Waals surface area contributed by atoms with Gasteiger partial charge in [-0.05, 0) is 38.1 Å². The molecule has 3 N–H and O–H groups in total. The molecule has 2 heterocycles. The molecule has 2 atom stereocenters. The van der Waals surface area contributed by atoms with Crippen molar-refractivity contribution >= 4 is 23.5 Å². The number of rotatable bonds is 2. The van der Waals surface area contributed by atoms with E-state index in [1.807, 2.05) is 6.92 Å². The topological polar surface area (TPSA) is 111 Å². The maximum atomic E-state index is 13.3. The molecule has 11 heteroatoms. The molecular formula is C19H20F3N7O. The second-order valence-electron chi connectivity index (χ2n) is 7.07. The minimum Gasteiger partial charge on any atom is -0.368 e. The number of nitriles is 1. The number of nitrogens with one attached hydrogen (secondary N) is 1. The second kappa shape index (κ2) is 8.06. The van der Waals surface area contributed by atoms with Crippen molar-refractivity contribution in [3.05, 3.63) is 41.6 Å². The number of carbonyl (C=O) groups excluding carboxylic acids is 1. The number of piperazine rings is 1. The third-order valence-corrected chi connectivity index (χ3v) is 4.92. The lowest BCUT2D eigenvalue weighted by molar-refractivity contribution is -0.137. The van der Waals surface area contributed by atoms with Crippen LogP contribution in [0.2, 0.25) is 0 Å². The molecule has 1 fully saturated rings. The van der Waals surface area contributed by atoms with Gasteiger partial charge in [0, 0.05) is 37.1 Å². The van der Waals surface area contributed by atoms with Gasteiger partial charge in [0.15, 0.2) is 0 Å².